The number of benzene rings is 1. The van der Waals surface area contributed by atoms with Crippen molar-refractivity contribution in [2.45, 2.75) is 26.6 Å². The highest BCUT2D eigenvalue weighted by Crippen LogP contribution is 2.38. The molecule has 2 rings (SSSR count). The number of rotatable bonds is 2. The predicted octanol–water partition coefficient (Wildman–Crippen LogP) is 4.67. The van der Waals surface area contributed by atoms with Crippen LogP contribution in [-0.2, 0) is 12.7 Å². The molecule has 1 heterocycles. The van der Waals surface area contributed by atoms with Gasteiger partial charge in [0.05, 0.1) is 4.88 Å². The maximum atomic E-state index is 12.9. The highest BCUT2D eigenvalue weighted by atomic mass is 79.9. The molecule has 2 nitrogen and oxygen atoms in total. The largest absolute Gasteiger partial charge is 0.434 e. The highest BCUT2D eigenvalue weighted by molar-refractivity contribution is 9.10. The minimum absolute atomic E-state index is 0.0609. The summed E-state index contributed by atoms with van der Waals surface area (Å²) in [6, 6.07) is 3.63. The van der Waals surface area contributed by atoms with Gasteiger partial charge in [-0.3, -0.25) is 0 Å². The lowest BCUT2D eigenvalue weighted by atomic mass is 10.1. The standard InChI is InChI=1S/C13H12BrF3N2S/c1-6-3-8(4-7(2)10(6)14)12-19-11(13(15,16)17)9(5-18)20-12/h3-4H,5,18H2,1-2H3. The first-order valence-corrected chi connectivity index (χ1v) is 7.39. The Morgan fingerprint density at radius 1 is 1.25 bits per heavy atom. The molecule has 1 aromatic heterocycles. The van der Waals surface area contributed by atoms with Crippen molar-refractivity contribution in [3.8, 4) is 10.6 Å². The summed E-state index contributed by atoms with van der Waals surface area (Å²) in [5.41, 5.74) is 7.10. The van der Waals surface area contributed by atoms with Crippen molar-refractivity contribution in [2.24, 2.45) is 5.73 Å². The summed E-state index contributed by atoms with van der Waals surface area (Å²) in [7, 11) is 0. The molecule has 0 aliphatic heterocycles. The molecular weight excluding hydrogens is 353 g/mol. The topological polar surface area (TPSA) is 38.9 Å². The fourth-order valence-electron chi connectivity index (χ4n) is 1.90. The normalized spacial score (nSPS) is 11.9. The molecule has 0 amide bonds. The molecule has 0 bridgehead atoms. The second-order valence-corrected chi connectivity index (χ2v) is 6.29. The number of aromatic nitrogens is 1. The van der Waals surface area contributed by atoms with Gasteiger partial charge in [-0.2, -0.15) is 13.2 Å². The average molecular weight is 365 g/mol. The van der Waals surface area contributed by atoms with Crippen LogP contribution in [0.5, 0.6) is 0 Å². The van der Waals surface area contributed by atoms with Crippen molar-refractivity contribution in [2.75, 3.05) is 0 Å². The third-order valence-corrected chi connectivity index (χ3v) is 5.21. The van der Waals surface area contributed by atoms with Crippen LogP contribution < -0.4 is 5.73 Å². The first-order valence-electron chi connectivity index (χ1n) is 5.78. The van der Waals surface area contributed by atoms with Gasteiger partial charge < -0.3 is 5.73 Å². The van der Waals surface area contributed by atoms with Crippen molar-refractivity contribution in [1.82, 2.24) is 4.98 Å². The van der Waals surface area contributed by atoms with E-state index in [-0.39, 0.29) is 11.4 Å². The summed E-state index contributed by atoms with van der Waals surface area (Å²) in [5.74, 6) is 0. The minimum atomic E-state index is -4.47. The zero-order chi connectivity index (χ0) is 15.1. The SMILES string of the molecule is Cc1cc(-c2nc(C(F)(F)F)c(CN)s2)cc(C)c1Br. The van der Waals surface area contributed by atoms with Gasteiger partial charge in [0.25, 0.3) is 0 Å². The summed E-state index contributed by atoms with van der Waals surface area (Å²) in [6.45, 7) is 3.62. The van der Waals surface area contributed by atoms with E-state index in [2.05, 4.69) is 20.9 Å². The second-order valence-electron chi connectivity index (χ2n) is 4.42. The highest BCUT2D eigenvalue weighted by Gasteiger charge is 2.37. The van der Waals surface area contributed by atoms with Crippen LogP contribution in [0, 0.1) is 13.8 Å². The molecule has 0 radical (unpaired) electrons. The lowest BCUT2D eigenvalue weighted by molar-refractivity contribution is -0.141. The predicted molar refractivity (Wildman–Crippen MR) is 77.6 cm³/mol. The van der Waals surface area contributed by atoms with Gasteiger partial charge >= 0.3 is 6.18 Å². The van der Waals surface area contributed by atoms with Crippen LogP contribution in [0.3, 0.4) is 0 Å². The van der Waals surface area contributed by atoms with Crippen LogP contribution in [-0.4, -0.2) is 4.98 Å². The molecule has 0 aliphatic carbocycles. The number of nitrogens with zero attached hydrogens (tertiary/aromatic N) is 1. The fraction of sp³-hybridized carbons (Fsp3) is 0.308. The van der Waals surface area contributed by atoms with Crippen LogP contribution in [0.15, 0.2) is 16.6 Å². The van der Waals surface area contributed by atoms with E-state index >= 15 is 0 Å². The molecule has 0 fully saturated rings. The third-order valence-electron chi connectivity index (χ3n) is 2.83. The van der Waals surface area contributed by atoms with Crippen molar-refractivity contribution in [1.29, 1.82) is 0 Å². The summed E-state index contributed by atoms with van der Waals surface area (Å²) in [5, 5.41) is 0.344. The molecule has 0 saturated carbocycles. The van der Waals surface area contributed by atoms with Crippen molar-refractivity contribution in [3.05, 3.63) is 38.3 Å². The van der Waals surface area contributed by atoms with Gasteiger partial charge in [0.1, 0.15) is 5.01 Å². The smallest absolute Gasteiger partial charge is 0.326 e. The van der Waals surface area contributed by atoms with E-state index in [0.717, 1.165) is 26.9 Å². The van der Waals surface area contributed by atoms with Gasteiger partial charge in [-0.1, -0.05) is 15.9 Å². The maximum Gasteiger partial charge on any atom is 0.434 e. The maximum absolute atomic E-state index is 12.9. The molecule has 0 saturated heterocycles. The van der Waals surface area contributed by atoms with Gasteiger partial charge in [0.15, 0.2) is 5.69 Å². The van der Waals surface area contributed by atoms with Gasteiger partial charge in [-0.15, -0.1) is 11.3 Å². The van der Waals surface area contributed by atoms with Crippen molar-refractivity contribution >= 4 is 27.3 Å². The van der Waals surface area contributed by atoms with E-state index < -0.39 is 11.9 Å². The lowest BCUT2D eigenvalue weighted by Gasteiger charge is -2.06. The number of halogens is 4. The van der Waals surface area contributed by atoms with E-state index in [4.69, 9.17) is 5.73 Å². The Hall–Kier alpha value is -0.920. The monoisotopic (exact) mass is 364 g/mol. The summed E-state index contributed by atoms with van der Waals surface area (Å²) in [4.78, 5) is 3.79. The molecular formula is C13H12BrF3N2S. The average Bonchev–Trinajstić information content (AvgIpc) is 2.79. The number of alkyl halides is 3. The molecule has 2 aromatic rings. The van der Waals surface area contributed by atoms with E-state index in [1.54, 1.807) is 0 Å². The van der Waals surface area contributed by atoms with E-state index in [1.165, 1.54) is 0 Å². The Balaban J connectivity index is 2.57. The van der Waals surface area contributed by atoms with Crippen LogP contribution >= 0.6 is 27.3 Å². The fourth-order valence-corrected chi connectivity index (χ4v) is 3.08. The number of nitrogens with two attached hydrogens (primary N) is 1. The van der Waals surface area contributed by atoms with Crippen LogP contribution in [0.1, 0.15) is 21.7 Å². The zero-order valence-electron chi connectivity index (χ0n) is 10.8. The van der Waals surface area contributed by atoms with Crippen LogP contribution in [0.2, 0.25) is 0 Å². The van der Waals surface area contributed by atoms with E-state index in [1.807, 2.05) is 26.0 Å². The first kappa shape index (κ1) is 15.5. The van der Waals surface area contributed by atoms with E-state index in [9.17, 15) is 13.2 Å². The molecule has 0 atom stereocenters. The lowest BCUT2D eigenvalue weighted by Crippen LogP contribution is -2.10. The van der Waals surface area contributed by atoms with Gasteiger partial charge in [0.2, 0.25) is 0 Å². The Bertz CT molecular complexity index is 627. The summed E-state index contributed by atoms with van der Waals surface area (Å²) in [6.07, 6.45) is -4.47. The van der Waals surface area contributed by atoms with Gasteiger partial charge in [0, 0.05) is 16.6 Å². The summed E-state index contributed by atoms with van der Waals surface area (Å²) >= 11 is 4.43. The Labute approximate surface area is 127 Å². The molecule has 20 heavy (non-hydrogen) atoms. The quantitative estimate of drug-likeness (QED) is 0.840. The van der Waals surface area contributed by atoms with Crippen LogP contribution in [0.4, 0.5) is 13.2 Å². The molecule has 1 aromatic carbocycles. The number of thiazole rings is 1. The number of aryl methyl sites for hydroxylation is 2. The van der Waals surface area contributed by atoms with Crippen LogP contribution in [0.25, 0.3) is 10.6 Å². The van der Waals surface area contributed by atoms with Crippen molar-refractivity contribution in [3.63, 3.8) is 0 Å². The second kappa shape index (κ2) is 5.46. The van der Waals surface area contributed by atoms with Crippen molar-refractivity contribution < 1.29 is 13.2 Å². The Morgan fingerprint density at radius 2 is 1.80 bits per heavy atom. The van der Waals surface area contributed by atoms with Gasteiger partial charge in [-0.05, 0) is 37.1 Å². The molecule has 0 unspecified atom stereocenters. The van der Waals surface area contributed by atoms with E-state index in [0.29, 0.717) is 10.6 Å². The molecule has 2 N–H and O–H groups in total. The Kier molecular flexibility index (Phi) is 4.22. The third kappa shape index (κ3) is 2.89. The molecule has 0 aliphatic rings. The molecule has 108 valence electrons. The number of hydrogen-bond donors (Lipinski definition) is 1. The first-order chi connectivity index (χ1) is 9.24. The molecule has 7 heteroatoms. The van der Waals surface area contributed by atoms with Gasteiger partial charge in [-0.25, -0.2) is 4.98 Å². The zero-order valence-corrected chi connectivity index (χ0v) is 13.2. The minimum Gasteiger partial charge on any atom is -0.326 e. The summed E-state index contributed by atoms with van der Waals surface area (Å²) < 4.78 is 39.6. The molecule has 0 spiro atoms. The number of hydrogen-bond acceptors (Lipinski definition) is 3. The Morgan fingerprint density at radius 3 is 2.20 bits per heavy atom.